The van der Waals surface area contributed by atoms with Gasteiger partial charge in [-0.2, -0.15) is 8.42 Å². The van der Waals surface area contributed by atoms with Gasteiger partial charge in [-0.1, -0.05) is 36.4 Å². The Bertz CT molecular complexity index is 1240. The molecular weight excluding hydrogens is 356 g/mol. The van der Waals surface area contributed by atoms with E-state index in [0.717, 1.165) is 20.5 Å². The SMILES string of the molecule is O=c1ccc2c(-c3ccccc3S(=O)(=O)O)c3ccccc3sc-2c1. The highest BCUT2D eigenvalue weighted by atomic mass is 32.2. The van der Waals surface area contributed by atoms with E-state index in [-0.39, 0.29) is 10.3 Å². The molecule has 2 aromatic rings. The van der Waals surface area contributed by atoms with Gasteiger partial charge < -0.3 is 0 Å². The number of hydrogen-bond donors (Lipinski definition) is 1. The van der Waals surface area contributed by atoms with E-state index in [1.165, 1.54) is 23.5 Å². The third-order valence-electron chi connectivity index (χ3n) is 4.03. The van der Waals surface area contributed by atoms with Gasteiger partial charge in [-0.05, 0) is 24.3 Å². The van der Waals surface area contributed by atoms with Crippen LogP contribution in [-0.4, -0.2) is 13.0 Å². The largest absolute Gasteiger partial charge is 0.295 e. The molecule has 1 aliphatic heterocycles. The normalized spacial score (nSPS) is 11.9. The van der Waals surface area contributed by atoms with Crippen molar-refractivity contribution in [3.05, 3.63) is 77.0 Å². The van der Waals surface area contributed by atoms with Gasteiger partial charge in [-0.25, -0.2) is 0 Å². The van der Waals surface area contributed by atoms with Crippen LogP contribution in [0.15, 0.2) is 76.4 Å². The van der Waals surface area contributed by atoms with Gasteiger partial charge in [0.2, 0.25) is 0 Å². The number of benzene rings is 3. The van der Waals surface area contributed by atoms with Crippen molar-refractivity contribution in [1.82, 2.24) is 0 Å². The maximum Gasteiger partial charge on any atom is 0.295 e. The minimum Gasteiger partial charge on any atom is -0.290 e. The minimum absolute atomic E-state index is 0.104. The summed E-state index contributed by atoms with van der Waals surface area (Å²) >= 11 is 1.48. The second kappa shape index (κ2) is 5.77. The Morgan fingerprint density at radius 1 is 0.840 bits per heavy atom. The van der Waals surface area contributed by atoms with Crippen molar-refractivity contribution in [2.45, 2.75) is 4.90 Å². The lowest BCUT2D eigenvalue weighted by atomic mass is 9.95. The molecule has 0 unspecified atom stereocenters. The lowest BCUT2D eigenvalue weighted by molar-refractivity contribution is 0.483. The summed E-state index contributed by atoms with van der Waals surface area (Å²) in [5.74, 6) is 0. The Labute approximate surface area is 148 Å². The van der Waals surface area contributed by atoms with Crippen molar-refractivity contribution >= 4 is 31.5 Å². The highest BCUT2D eigenvalue weighted by Gasteiger charge is 2.22. The first-order chi connectivity index (χ1) is 11.9. The number of rotatable bonds is 2. The molecule has 124 valence electrons. The number of fused-ring (bicyclic) bond motifs is 2. The van der Waals surface area contributed by atoms with Crippen molar-refractivity contribution in [3.8, 4) is 21.6 Å². The second-order valence-corrected chi connectivity index (χ2v) is 8.08. The van der Waals surface area contributed by atoms with Crippen LogP contribution in [-0.2, 0) is 10.1 Å². The summed E-state index contributed by atoms with van der Waals surface area (Å²) in [5.41, 5.74) is 1.78. The van der Waals surface area contributed by atoms with Gasteiger partial charge in [0, 0.05) is 37.7 Å². The molecule has 0 saturated heterocycles. The van der Waals surface area contributed by atoms with Crippen molar-refractivity contribution in [1.29, 1.82) is 0 Å². The molecule has 6 heteroatoms. The van der Waals surface area contributed by atoms with E-state index in [1.807, 2.05) is 24.3 Å². The molecule has 1 N–H and O–H groups in total. The fourth-order valence-corrected chi connectivity index (χ4v) is 4.82. The van der Waals surface area contributed by atoms with Gasteiger partial charge in [0.05, 0.1) is 0 Å². The van der Waals surface area contributed by atoms with Crippen LogP contribution in [0.3, 0.4) is 0 Å². The van der Waals surface area contributed by atoms with Crippen molar-refractivity contribution in [3.63, 3.8) is 0 Å². The van der Waals surface area contributed by atoms with Crippen LogP contribution >= 0.6 is 11.3 Å². The zero-order valence-corrected chi connectivity index (χ0v) is 14.5. The molecule has 0 atom stereocenters. The summed E-state index contributed by atoms with van der Waals surface area (Å²) in [7, 11) is -4.39. The molecule has 0 amide bonds. The van der Waals surface area contributed by atoms with E-state index < -0.39 is 10.1 Å². The second-order valence-electron chi connectivity index (χ2n) is 5.60. The lowest BCUT2D eigenvalue weighted by Gasteiger charge is -2.16. The average Bonchev–Trinajstić information content (AvgIpc) is 2.59. The van der Waals surface area contributed by atoms with E-state index >= 15 is 0 Å². The maximum atomic E-state index is 11.9. The van der Waals surface area contributed by atoms with E-state index in [9.17, 15) is 17.8 Å². The molecule has 0 bridgehead atoms. The van der Waals surface area contributed by atoms with E-state index in [2.05, 4.69) is 0 Å². The Morgan fingerprint density at radius 2 is 1.56 bits per heavy atom. The Hall–Kier alpha value is -2.54. The van der Waals surface area contributed by atoms with Gasteiger partial charge in [0.25, 0.3) is 10.1 Å². The zero-order valence-electron chi connectivity index (χ0n) is 12.8. The third kappa shape index (κ3) is 2.74. The van der Waals surface area contributed by atoms with Gasteiger partial charge in [0.15, 0.2) is 5.43 Å². The number of hydrogen-bond acceptors (Lipinski definition) is 4. The molecule has 2 aromatic carbocycles. The summed E-state index contributed by atoms with van der Waals surface area (Å²) in [4.78, 5) is 12.4. The summed E-state index contributed by atoms with van der Waals surface area (Å²) in [6.07, 6.45) is 0. The summed E-state index contributed by atoms with van der Waals surface area (Å²) in [6, 6.07) is 18.7. The first kappa shape index (κ1) is 16.0. The molecule has 0 fully saturated rings. The fraction of sp³-hybridized carbons (Fsp3) is 0. The van der Waals surface area contributed by atoms with Gasteiger partial charge in [0.1, 0.15) is 4.90 Å². The van der Waals surface area contributed by atoms with Crippen molar-refractivity contribution in [2.75, 3.05) is 0 Å². The minimum atomic E-state index is -4.39. The summed E-state index contributed by atoms with van der Waals surface area (Å²) in [6.45, 7) is 0. The van der Waals surface area contributed by atoms with Crippen LogP contribution in [0.1, 0.15) is 0 Å². The first-order valence-corrected chi connectivity index (χ1v) is 9.73. The standard InChI is InChI=1S/C19H12O4S2/c20-12-9-10-14-17(11-12)24-16-7-3-1-5-13(16)19(14)15-6-2-4-8-18(15)25(21,22)23/h1-11H,(H,21,22,23). The zero-order chi connectivity index (χ0) is 17.6. The summed E-state index contributed by atoms with van der Waals surface area (Å²) in [5, 5.41) is 0.870. The van der Waals surface area contributed by atoms with Crippen LogP contribution in [0.2, 0.25) is 0 Å². The van der Waals surface area contributed by atoms with E-state index in [4.69, 9.17) is 0 Å². The van der Waals surface area contributed by atoms with Crippen molar-refractivity contribution < 1.29 is 13.0 Å². The Kier molecular flexibility index (Phi) is 3.68. The van der Waals surface area contributed by atoms with Gasteiger partial charge >= 0.3 is 0 Å². The molecule has 0 spiro atoms. The molecule has 0 aromatic heterocycles. The predicted molar refractivity (Wildman–Crippen MR) is 100.0 cm³/mol. The molecule has 1 heterocycles. The lowest BCUT2D eigenvalue weighted by Crippen LogP contribution is -2.03. The monoisotopic (exact) mass is 368 g/mol. The Balaban J connectivity index is 2.24. The van der Waals surface area contributed by atoms with Crippen LogP contribution in [0, 0.1) is 0 Å². The highest BCUT2D eigenvalue weighted by Crippen LogP contribution is 2.44. The molecule has 25 heavy (non-hydrogen) atoms. The van der Waals surface area contributed by atoms with Crippen LogP contribution in [0.25, 0.3) is 31.7 Å². The third-order valence-corrected chi connectivity index (χ3v) is 6.08. The van der Waals surface area contributed by atoms with Gasteiger partial charge in [-0.15, -0.1) is 11.3 Å². The molecule has 4 nitrogen and oxygen atoms in total. The fourth-order valence-electron chi connectivity index (χ4n) is 3.01. The molecule has 1 aliphatic carbocycles. The van der Waals surface area contributed by atoms with Crippen LogP contribution in [0.5, 0.6) is 0 Å². The molecule has 0 radical (unpaired) electrons. The summed E-state index contributed by atoms with van der Waals surface area (Å²) < 4.78 is 34.3. The Morgan fingerprint density at radius 3 is 2.36 bits per heavy atom. The highest BCUT2D eigenvalue weighted by molar-refractivity contribution is 7.86. The van der Waals surface area contributed by atoms with Gasteiger partial charge in [-0.3, -0.25) is 9.35 Å². The molecule has 0 saturated carbocycles. The molecule has 2 aliphatic rings. The van der Waals surface area contributed by atoms with Crippen molar-refractivity contribution in [2.24, 2.45) is 0 Å². The van der Waals surface area contributed by atoms with E-state index in [1.54, 1.807) is 30.3 Å². The van der Waals surface area contributed by atoms with E-state index in [0.29, 0.717) is 11.1 Å². The molecular formula is C19H12O4S2. The van der Waals surface area contributed by atoms with Crippen LogP contribution < -0.4 is 5.43 Å². The average molecular weight is 368 g/mol. The predicted octanol–water partition coefficient (Wildman–Crippen LogP) is 4.28. The topological polar surface area (TPSA) is 71.4 Å². The first-order valence-electron chi connectivity index (χ1n) is 7.48. The maximum absolute atomic E-state index is 11.9. The molecule has 4 rings (SSSR count). The quantitative estimate of drug-likeness (QED) is 0.423. The van der Waals surface area contributed by atoms with Crippen LogP contribution in [0.4, 0.5) is 0 Å². The smallest absolute Gasteiger partial charge is 0.290 e.